The van der Waals surface area contributed by atoms with E-state index >= 15 is 0 Å². The van der Waals surface area contributed by atoms with E-state index in [4.69, 9.17) is 0 Å². The van der Waals surface area contributed by atoms with Crippen LogP contribution in [-0.2, 0) is 4.79 Å². The van der Waals surface area contributed by atoms with Crippen LogP contribution in [0.2, 0.25) is 0 Å². The monoisotopic (exact) mass is 431 g/mol. The normalized spacial score (nSPS) is 11.4. The van der Waals surface area contributed by atoms with Gasteiger partial charge in [-0.1, -0.05) is 47.7 Å². The fraction of sp³-hybridized carbons (Fsp3) is 0.167. The minimum absolute atomic E-state index is 0.0463. The predicted octanol–water partition coefficient (Wildman–Crippen LogP) is 5.79. The van der Waals surface area contributed by atoms with E-state index in [0.29, 0.717) is 11.4 Å². The Morgan fingerprint density at radius 3 is 2.35 bits per heavy atom. The first kappa shape index (κ1) is 20.7. The third-order valence-corrected chi connectivity index (χ3v) is 5.97. The summed E-state index contributed by atoms with van der Waals surface area (Å²) in [5, 5.41) is 13.2. The summed E-state index contributed by atoms with van der Waals surface area (Å²) in [5.41, 5.74) is 2.20. The number of benzene rings is 2. The van der Waals surface area contributed by atoms with Gasteiger partial charge in [-0.2, -0.15) is 0 Å². The van der Waals surface area contributed by atoms with Crippen molar-refractivity contribution in [2.75, 3.05) is 5.32 Å². The molecule has 2 aromatic heterocycles. The summed E-state index contributed by atoms with van der Waals surface area (Å²) in [6.45, 7) is 3.11. The molecular weight excluding hydrogens is 410 g/mol. The van der Waals surface area contributed by atoms with Crippen molar-refractivity contribution in [2.45, 2.75) is 20.3 Å². The van der Waals surface area contributed by atoms with Crippen molar-refractivity contribution in [1.82, 2.24) is 9.97 Å². The number of carbonyl (C=O) groups excluding carboxylic acids is 1. The third-order valence-electron chi connectivity index (χ3n) is 5.01. The molecule has 0 saturated carbocycles. The summed E-state index contributed by atoms with van der Waals surface area (Å²) in [6, 6.07) is 18.9. The second-order valence-electron chi connectivity index (χ2n) is 7.91. The molecule has 0 amide bonds. The summed E-state index contributed by atoms with van der Waals surface area (Å²) in [6.07, 6.45) is 1.72. The Balaban J connectivity index is 1.45. The van der Waals surface area contributed by atoms with E-state index in [1.54, 1.807) is 43.5 Å². The Morgan fingerprint density at radius 1 is 1.00 bits per heavy atom. The number of rotatable bonds is 7. The van der Waals surface area contributed by atoms with Gasteiger partial charge in [-0.15, -0.1) is 0 Å². The third kappa shape index (κ3) is 4.62. The molecule has 0 spiro atoms. The number of Topliss-reactive ketones (excluding diaryl/α,β-unsaturated/α-hetero) is 1. The maximum atomic E-state index is 12.4. The van der Waals surface area contributed by atoms with Crippen molar-refractivity contribution >= 4 is 44.3 Å². The molecule has 2 heterocycles. The first-order valence-electron chi connectivity index (χ1n) is 9.77. The Labute approximate surface area is 183 Å². The predicted molar refractivity (Wildman–Crippen MR) is 123 cm³/mol. The summed E-state index contributed by atoms with van der Waals surface area (Å²) in [4.78, 5) is 32.7. The van der Waals surface area contributed by atoms with Crippen molar-refractivity contribution in [1.29, 1.82) is 0 Å². The molecule has 4 aromatic rings. The van der Waals surface area contributed by atoms with Gasteiger partial charge in [-0.25, -0.2) is 9.97 Å². The number of anilines is 2. The van der Waals surface area contributed by atoms with Crippen LogP contribution in [0.5, 0.6) is 0 Å². The molecule has 2 aromatic carbocycles. The number of hydrogen-bond donors (Lipinski definition) is 2. The number of thiazole rings is 1. The standard InChI is InChI=1S/C24H21N3O3S/c1-24(2,22(29)30)13-19(28)16-9-7-15(8-10-16)17-11-12-21(25-14-17)27-23-26-18-5-3-4-6-20(18)31-23/h3-12,14H,13H2,1-2H3,(H,29,30)(H,25,26,27). The van der Waals surface area contributed by atoms with Gasteiger partial charge in [0.05, 0.1) is 15.6 Å². The molecular formula is C24H21N3O3S. The average Bonchev–Trinajstić information content (AvgIpc) is 3.16. The van der Waals surface area contributed by atoms with Crippen molar-refractivity contribution in [3.05, 3.63) is 72.4 Å². The minimum atomic E-state index is -1.09. The minimum Gasteiger partial charge on any atom is -0.481 e. The van der Waals surface area contributed by atoms with Crippen molar-refractivity contribution < 1.29 is 14.7 Å². The number of ketones is 1. The molecule has 0 fully saturated rings. The number of nitrogens with zero attached hydrogens (tertiary/aromatic N) is 2. The van der Waals surface area contributed by atoms with Crippen LogP contribution in [0.3, 0.4) is 0 Å². The second kappa shape index (κ2) is 8.28. The fourth-order valence-corrected chi connectivity index (χ4v) is 3.97. The van der Waals surface area contributed by atoms with Crippen LogP contribution in [0, 0.1) is 5.41 Å². The lowest BCUT2D eigenvalue weighted by Gasteiger charge is -2.17. The molecule has 0 unspecified atom stereocenters. The Hall–Kier alpha value is -3.58. The zero-order chi connectivity index (χ0) is 22.0. The molecule has 6 nitrogen and oxygen atoms in total. The highest BCUT2D eigenvalue weighted by atomic mass is 32.1. The van der Waals surface area contributed by atoms with E-state index in [1.165, 1.54) is 0 Å². The van der Waals surface area contributed by atoms with Gasteiger partial charge in [0.15, 0.2) is 10.9 Å². The van der Waals surface area contributed by atoms with Gasteiger partial charge in [-0.3, -0.25) is 9.59 Å². The van der Waals surface area contributed by atoms with E-state index in [9.17, 15) is 14.7 Å². The van der Waals surface area contributed by atoms with Gasteiger partial charge in [0, 0.05) is 23.7 Å². The highest BCUT2D eigenvalue weighted by Crippen LogP contribution is 2.29. The van der Waals surface area contributed by atoms with Crippen molar-refractivity contribution in [3.8, 4) is 11.1 Å². The Bertz CT molecular complexity index is 1210. The number of aromatic nitrogens is 2. The number of carboxylic acids is 1. The molecule has 7 heteroatoms. The summed E-state index contributed by atoms with van der Waals surface area (Å²) >= 11 is 1.57. The Kier molecular flexibility index (Phi) is 5.52. The van der Waals surface area contributed by atoms with Gasteiger partial charge in [0.25, 0.3) is 0 Å². The highest BCUT2D eigenvalue weighted by Gasteiger charge is 2.30. The van der Waals surface area contributed by atoms with E-state index in [2.05, 4.69) is 15.3 Å². The lowest BCUT2D eigenvalue weighted by Crippen LogP contribution is -2.26. The SMILES string of the molecule is CC(C)(CC(=O)c1ccc(-c2ccc(Nc3nc4ccccc4s3)nc2)cc1)C(=O)O. The number of para-hydroxylation sites is 1. The number of fused-ring (bicyclic) bond motifs is 1. The van der Waals surface area contributed by atoms with Gasteiger partial charge in [0.1, 0.15) is 5.82 Å². The van der Waals surface area contributed by atoms with Gasteiger partial charge >= 0.3 is 5.97 Å². The summed E-state index contributed by atoms with van der Waals surface area (Å²) in [5.74, 6) is -0.471. The lowest BCUT2D eigenvalue weighted by molar-refractivity contribution is -0.146. The quantitative estimate of drug-likeness (QED) is 0.360. The van der Waals surface area contributed by atoms with Crippen molar-refractivity contribution in [2.24, 2.45) is 5.41 Å². The number of pyridine rings is 1. The van der Waals surface area contributed by atoms with Crippen LogP contribution in [0.1, 0.15) is 30.6 Å². The topological polar surface area (TPSA) is 92.2 Å². The molecule has 0 bridgehead atoms. The molecule has 4 rings (SSSR count). The number of aliphatic carboxylic acids is 1. The van der Waals surface area contributed by atoms with Crippen LogP contribution in [-0.4, -0.2) is 26.8 Å². The van der Waals surface area contributed by atoms with E-state index in [-0.39, 0.29) is 12.2 Å². The maximum Gasteiger partial charge on any atom is 0.309 e. The number of nitrogens with one attached hydrogen (secondary N) is 1. The summed E-state index contributed by atoms with van der Waals surface area (Å²) < 4.78 is 1.11. The van der Waals surface area contributed by atoms with Crippen LogP contribution >= 0.6 is 11.3 Å². The van der Waals surface area contributed by atoms with Gasteiger partial charge < -0.3 is 10.4 Å². The average molecular weight is 432 g/mol. The molecule has 0 aliphatic heterocycles. The largest absolute Gasteiger partial charge is 0.481 e. The number of carboxylic acid groups (broad SMARTS) is 1. The molecule has 156 valence electrons. The molecule has 0 radical (unpaired) electrons. The highest BCUT2D eigenvalue weighted by molar-refractivity contribution is 7.22. The number of hydrogen-bond acceptors (Lipinski definition) is 6. The zero-order valence-electron chi connectivity index (χ0n) is 17.1. The maximum absolute atomic E-state index is 12.4. The zero-order valence-corrected chi connectivity index (χ0v) is 17.9. The van der Waals surface area contributed by atoms with Gasteiger partial charge in [0.2, 0.25) is 0 Å². The molecule has 0 aliphatic carbocycles. The molecule has 0 saturated heterocycles. The van der Waals surface area contributed by atoms with Crippen LogP contribution in [0.4, 0.5) is 10.9 Å². The molecule has 0 atom stereocenters. The van der Waals surface area contributed by atoms with Crippen molar-refractivity contribution in [3.63, 3.8) is 0 Å². The first-order chi connectivity index (χ1) is 14.8. The Morgan fingerprint density at radius 2 is 1.71 bits per heavy atom. The van der Waals surface area contributed by atoms with Crippen LogP contribution in [0.15, 0.2) is 66.9 Å². The van der Waals surface area contributed by atoms with Crippen LogP contribution in [0.25, 0.3) is 21.3 Å². The second-order valence-corrected chi connectivity index (χ2v) is 8.94. The van der Waals surface area contributed by atoms with E-state index in [1.807, 2.05) is 48.5 Å². The van der Waals surface area contributed by atoms with Gasteiger partial charge in [-0.05, 0) is 43.7 Å². The summed E-state index contributed by atoms with van der Waals surface area (Å²) in [7, 11) is 0. The van der Waals surface area contributed by atoms with E-state index in [0.717, 1.165) is 26.5 Å². The van der Waals surface area contributed by atoms with E-state index < -0.39 is 11.4 Å². The lowest BCUT2D eigenvalue weighted by atomic mass is 9.85. The van der Waals surface area contributed by atoms with Crippen LogP contribution < -0.4 is 5.32 Å². The fourth-order valence-electron chi connectivity index (χ4n) is 3.10. The smallest absolute Gasteiger partial charge is 0.309 e. The molecule has 0 aliphatic rings. The molecule has 2 N–H and O–H groups in total. The molecule has 31 heavy (non-hydrogen) atoms. The first-order valence-corrected chi connectivity index (χ1v) is 10.6. The number of carbonyl (C=O) groups is 2.